The first-order valence-corrected chi connectivity index (χ1v) is 10.8. The van der Waals surface area contributed by atoms with Gasteiger partial charge in [0.2, 0.25) is 0 Å². The first-order chi connectivity index (χ1) is 14.9. The molecule has 0 atom stereocenters. The summed E-state index contributed by atoms with van der Waals surface area (Å²) in [6, 6.07) is 4.47. The Morgan fingerprint density at radius 3 is 2.77 bits per heavy atom. The summed E-state index contributed by atoms with van der Waals surface area (Å²) in [7, 11) is 1.56. The predicted molar refractivity (Wildman–Crippen MR) is 117 cm³/mol. The van der Waals surface area contributed by atoms with Gasteiger partial charge in [0.1, 0.15) is 5.00 Å². The standard InChI is InChI=1S/C21H25N3O6S/c1-13-7-8-15(24(27)28)16(11-13)30-12-18(25)23-21-19(20(26)22-9-10-29-2)14-5-3-4-6-17(14)31-21/h7-8,11H,3-6,9-10,12H2,1-2H3,(H,22,26)(H,23,25). The zero-order valence-electron chi connectivity index (χ0n) is 17.5. The summed E-state index contributed by atoms with van der Waals surface area (Å²) in [6.45, 7) is 2.13. The molecule has 0 unspecified atom stereocenters. The fourth-order valence-electron chi connectivity index (χ4n) is 3.44. The van der Waals surface area contributed by atoms with Gasteiger partial charge >= 0.3 is 5.69 Å². The molecule has 2 amide bonds. The van der Waals surface area contributed by atoms with Gasteiger partial charge in [0, 0.05) is 24.6 Å². The summed E-state index contributed by atoms with van der Waals surface area (Å²) in [6.07, 6.45) is 3.71. The highest BCUT2D eigenvalue weighted by molar-refractivity contribution is 7.17. The topological polar surface area (TPSA) is 120 Å². The number of aryl methyl sites for hydroxylation is 2. The molecule has 0 fully saturated rings. The number of ether oxygens (including phenoxy) is 2. The number of hydrogen-bond acceptors (Lipinski definition) is 7. The molecule has 9 nitrogen and oxygen atoms in total. The van der Waals surface area contributed by atoms with Crippen molar-refractivity contribution in [3.8, 4) is 5.75 Å². The Labute approximate surface area is 183 Å². The second-order valence-electron chi connectivity index (χ2n) is 7.23. The highest BCUT2D eigenvalue weighted by atomic mass is 32.1. The van der Waals surface area contributed by atoms with Crippen molar-refractivity contribution in [2.24, 2.45) is 0 Å². The van der Waals surface area contributed by atoms with Gasteiger partial charge in [-0.05, 0) is 49.8 Å². The third-order valence-corrected chi connectivity index (χ3v) is 6.12. The molecule has 1 heterocycles. The van der Waals surface area contributed by atoms with Gasteiger partial charge in [-0.25, -0.2) is 0 Å². The lowest BCUT2D eigenvalue weighted by molar-refractivity contribution is -0.385. The number of carbonyl (C=O) groups is 2. The molecular weight excluding hydrogens is 422 g/mol. The number of nitrogens with zero attached hydrogens (tertiary/aromatic N) is 1. The molecule has 0 radical (unpaired) electrons. The minimum Gasteiger partial charge on any atom is -0.477 e. The molecule has 1 aliphatic carbocycles. The number of nitro benzene ring substituents is 1. The summed E-state index contributed by atoms with van der Waals surface area (Å²) in [5, 5.41) is 17.2. The fourth-order valence-corrected chi connectivity index (χ4v) is 4.75. The highest BCUT2D eigenvalue weighted by Crippen LogP contribution is 2.38. The number of methoxy groups -OCH3 is 1. The van der Waals surface area contributed by atoms with Crippen LogP contribution in [0.3, 0.4) is 0 Å². The van der Waals surface area contributed by atoms with Crippen molar-refractivity contribution in [3.63, 3.8) is 0 Å². The van der Waals surface area contributed by atoms with E-state index in [0.29, 0.717) is 23.7 Å². The predicted octanol–water partition coefficient (Wildman–Crippen LogP) is 3.24. The first-order valence-electron chi connectivity index (χ1n) is 10.00. The molecule has 3 rings (SSSR count). The van der Waals surface area contributed by atoms with Gasteiger partial charge in [0.15, 0.2) is 12.4 Å². The third kappa shape index (κ3) is 5.59. The fraction of sp³-hybridized carbons (Fsp3) is 0.429. The van der Waals surface area contributed by atoms with E-state index in [0.717, 1.165) is 41.7 Å². The first kappa shape index (κ1) is 22.7. The maximum atomic E-state index is 12.8. The van der Waals surface area contributed by atoms with Crippen LogP contribution >= 0.6 is 11.3 Å². The average Bonchev–Trinajstić information content (AvgIpc) is 3.10. The third-order valence-electron chi connectivity index (χ3n) is 4.91. The highest BCUT2D eigenvalue weighted by Gasteiger charge is 2.26. The number of benzene rings is 1. The maximum absolute atomic E-state index is 12.8. The Morgan fingerprint density at radius 1 is 1.26 bits per heavy atom. The van der Waals surface area contributed by atoms with Crippen molar-refractivity contribution in [1.29, 1.82) is 0 Å². The van der Waals surface area contributed by atoms with Crippen LogP contribution in [0.1, 0.15) is 39.2 Å². The van der Waals surface area contributed by atoms with Crippen LogP contribution in [0.15, 0.2) is 18.2 Å². The van der Waals surface area contributed by atoms with Gasteiger partial charge in [-0.1, -0.05) is 6.07 Å². The molecule has 1 aliphatic rings. The van der Waals surface area contributed by atoms with Crippen molar-refractivity contribution in [2.75, 3.05) is 32.2 Å². The number of hydrogen-bond donors (Lipinski definition) is 2. The lowest BCUT2D eigenvalue weighted by atomic mass is 9.95. The molecule has 2 aromatic rings. The summed E-state index contributed by atoms with van der Waals surface area (Å²) in [5.41, 5.74) is 2.05. The lowest BCUT2D eigenvalue weighted by Gasteiger charge is -2.13. The average molecular weight is 448 g/mol. The number of anilines is 1. The summed E-state index contributed by atoms with van der Waals surface area (Å²) in [4.78, 5) is 37.1. The quantitative estimate of drug-likeness (QED) is 0.346. The van der Waals surface area contributed by atoms with E-state index in [1.807, 2.05) is 0 Å². The van der Waals surface area contributed by atoms with Gasteiger partial charge in [-0.15, -0.1) is 11.3 Å². The SMILES string of the molecule is COCCNC(=O)c1c(NC(=O)COc2cc(C)ccc2[N+](=O)[O-])sc2c1CCCC2. The van der Waals surface area contributed by atoms with Crippen molar-refractivity contribution < 1.29 is 24.0 Å². The second kappa shape index (κ2) is 10.4. The minimum atomic E-state index is -0.553. The Kier molecular flexibility index (Phi) is 7.59. The van der Waals surface area contributed by atoms with E-state index >= 15 is 0 Å². The molecule has 31 heavy (non-hydrogen) atoms. The van der Waals surface area contributed by atoms with Crippen LogP contribution in [0.4, 0.5) is 10.7 Å². The van der Waals surface area contributed by atoms with Crippen molar-refractivity contribution in [2.45, 2.75) is 32.6 Å². The Hall–Kier alpha value is -2.98. The van der Waals surface area contributed by atoms with Crippen LogP contribution in [0.25, 0.3) is 0 Å². The minimum absolute atomic E-state index is 0.0307. The Morgan fingerprint density at radius 2 is 2.03 bits per heavy atom. The van der Waals surface area contributed by atoms with Crippen LogP contribution in [-0.4, -0.2) is 43.6 Å². The van der Waals surface area contributed by atoms with E-state index in [2.05, 4.69) is 10.6 Å². The lowest BCUT2D eigenvalue weighted by Crippen LogP contribution is -2.29. The van der Waals surface area contributed by atoms with E-state index in [1.165, 1.54) is 23.5 Å². The van der Waals surface area contributed by atoms with Crippen molar-refractivity contribution in [1.82, 2.24) is 5.32 Å². The van der Waals surface area contributed by atoms with E-state index in [9.17, 15) is 19.7 Å². The number of nitro groups is 1. The Bertz CT molecular complexity index is 988. The zero-order valence-corrected chi connectivity index (χ0v) is 18.3. The monoisotopic (exact) mass is 447 g/mol. The van der Waals surface area contributed by atoms with Crippen molar-refractivity contribution in [3.05, 3.63) is 49.9 Å². The van der Waals surface area contributed by atoms with E-state index < -0.39 is 17.4 Å². The number of rotatable bonds is 9. The molecule has 10 heteroatoms. The van der Waals surface area contributed by atoms with E-state index in [-0.39, 0.29) is 17.3 Å². The normalized spacial score (nSPS) is 12.7. The molecule has 2 N–H and O–H groups in total. The number of amides is 2. The number of carbonyl (C=O) groups excluding carboxylic acids is 2. The molecular formula is C21H25N3O6S. The van der Waals surface area contributed by atoms with Crippen LogP contribution in [0.2, 0.25) is 0 Å². The summed E-state index contributed by atoms with van der Waals surface area (Å²) in [5.74, 6) is -0.703. The molecule has 0 bridgehead atoms. The van der Waals surface area contributed by atoms with Crippen LogP contribution in [0, 0.1) is 17.0 Å². The number of fused-ring (bicyclic) bond motifs is 1. The molecule has 0 aliphatic heterocycles. The largest absolute Gasteiger partial charge is 0.477 e. The van der Waals surface area contributed by atoms with Crippen LogP contribution < -0.4 is 15.4 Å². The van der Waals surface area contributed by atoms with Gasteiger partial charge in [0.05, 0.1) is 17.1 Å². The molecule has 1 aromatic heterocycles. The molecule has 1 aromatic carbocycles. The van der Waals surface area contributed by atoms with E-state index in [4.69, 9.17) is 9.47 Å². The van der Waals surface area contributed by atoms with Gasteiger partial charge in [-0.3, -0.25) is 19.7 Å². The van der Waals surface area contributed by atoms with E-state index in [1.54, 1.807) is 20.1 Å². The molecule has 0 spiro atoms. The maximum Gasteiger partial charge on any atom is 0.310 e. The molecule has 166 valence electrons. The van der Waals surface area contributed by atoms with Crippen LogP contribution in [0.5, 0.6) is 5.75 Å². The Balaban J connectivity index is 1.74. The van der Waals surface area contributed by atoms with Gasteiger partial charge < -0.3 is 20.1 Å². The van der Waals surface area contributed by atoms with Gasteiger partial charge in [-0.2, -0.15) is 0 Å². The zero-order chi connectivity index (χ0) is 22.4. The summed E-state index contributed by atoms with van der Waals surface area (Å²) >= 11 is 1.40. The molecule has 0 saturated heterocycles. The van der Waals surface area contributed by atoms with Crippen LogP contribution in [-0.2, 0) is 22.4 Å². The summed E-state index contributed by atoms with van der Waals surface area (Å²) < 4.78 is 10.4. The smallest absolute Gasteiger partial charge is 0.310 e. The second-order valence-corrected chi connectivity index (χ2v) is 8.33. The van der Waals surface area contributed by atoms with Crippen molar-refractivity contribution >= 4 is 33.8 Å². The molecule has 0 saturated carbocycles. The number of nitrogens with one attached hydrogen (secondary N) is 2. The number of thiophene rings is 1. The van der Waals surface area contributed by atoms with Gasteiger partial charge in [0.25, 0.3) is 11.8 Å².